The van der Waals surface area contributed by atoms with E-state index in [1.807, 2.05) is 7.11 Å². The van der Waals surface area contributed by atoms with Gasteiger partial charge in [-0.1, -0.05) is 26.2 Å². The Balaban J connectivity index is 2.34. The number of rotatable bonds is 7. The Morgan fingerprint density at radius 2 is 1.94 bits per heavy atom. The third kappa shape index (κ3) is 6.19. The molecule has 1 saturated carbocycles. The summed E-state index contributed by atoms with van der Waals surface area (Å²) >= 11 is 0. The minimum atomic E-state index is 0.0542. The zero-order valence-electron chi connectivity index (χ0n) is 12.9. The molecule has 2 nitrogen and oxygen atoms in total. The Labute approximate surface area is 114 Å². The van der Waals surface area contributed by atoms with E-state index in [-0.39, 0.29) is 5.60 Å². The van der Waals surface area contributed by atoms with Gasteiger partial charge < -0.3 is 10.1 Å². The maximum atomic E-state index is 5.54. The first-order chi connectivity index (χ1) is 8.57. The molecule has 0 radical (unpaired) electrons. The van der Waals surface area contributed by atoms with Crippen molar-refractivity contribution in [3.8, 4) is 0 Å². The topological polar surface area (TPSA) is 21.3 Å². The predicted molar refractivity (Wildman–Crippen MR) is 79.0 cm³/mol. The predicted octanol–water partition coefficient (Wildman–Crippen LogP) is 4.14. The molecular weight excluding hydrogens is 222 g/mol. The molecule has 2 unspecified atom stereocenters. The van der Waals surface area contributed by atoms with Gasteiger partial charge >= 0.3 is 0 Å². The van der Waals surface area contributed by atoms with Crippen molar-refractivity contribution < 1.29 is 4.74 Å². The molecule has 18 heavy (non-hydrogen) atoms. The van der Waals surface area contributed by atoms with Crippen LogP contribution in [0, 0.1) is 5.92 Å². The van der Waals surface area contributed by atoms with Crippen molar-refractivity contribution >= 4 is 0 Å². The Morgan fingerprint density at radius 1 is 1.22 bits per heavy atom. The van der Waals surface area contributed by atoms with Crippen LogP contribution < -0.4 is 5.32 Å². The number of nitrogens with one attached hydrogen (secondary N) is 1. The Kier molecular flexibility index (Phi) is 7.25. The van der Waals surface area contributed by atoms with Gasteiger partial charge in [-0.25, -0.2) is 0 Å². The summed E-state index contributed by atoms with van der Waals surface area (Å²) < 4.78 is 5.54. The first kappa shape index (κ1) is 16.0. The van der Waals surface area contributed by atoms with Gasteiger partial charge in [0, 0.05) is 13.2 Å². The molecule has 0 saturated heterocycles. The maximum Gasteiger partial charge on any atom is 0.0622 e. The monoisotopic (exact) mass is 255 g/mol. The number of hydrogen-bond donors (Lipinski definition) is 1. The molecule has 0 bridgehead atoms. The van der Waals surface area contributed by atoms with Crippen molar-refractivity contribution in [2.75, 3.05) is 13.7 Å². The Hall–Kier alpha value is -0.0800. The Morgan fingerprint density at radius 3 is 2.61 bits per heavy atom. The summed E-state index contributed by atoms with van der Waals surface area (Å²) in [5.41, 5.74) is 0.0542. The summed E-state index contributed by atoms with van der Waals surface area (Å²) in [5.74, 6) is 0.899. The van der Waals surface area contributed by atoms with Crippen LogP contribution in [0.4, 0.5) is 0 Å². The van der Waals surface area contributed by atoms with Gasteiger partial charge in [-0.3, -0.25) is 0 Å². The molecule has 1 aliphatic rings. The maximum absolute atomic E-state index is 5.54. The van der Waals surface area contributed by atoms with Crippen LogP contribution in [0.25, 0.3) is 0 Å². The summed E-state index contributed by atoms with van der Waals surface area (Å²) in [5, 5.41) is 3.72. The first-order valence-electron chi connectivity index (χ1n) is 7.86. The first-order valence-corrected chi connectivity index (χ1v) is 7.86. The standard InChI is InChI=1S/C16H33NO/c1-5-12-17-15-9-7-6-8-14(13-15)10-11-16(2,3)18-4/h14-15,17H,5-13H2,1-4H3. The van der Waals surface area contributed by atoms with Crippen molar-refractivity contribution in [1.29, 1.82) is 0 Å². The van der Waals surface area contributed by atoms with Crippen LogP contribution >= 0.6 is 0 Å². The average molecular weight is 255 g/mol. The van der Waals surface area contributed by atoms with Gasteiger partial charge in [0.05, 0.1) is 5.60 Å². The summed E-state index contributed by atoms with van der Waals surface area (Å²) in [6.45, 7) is 7.84. The van der Waals surface area contributed by atoms with Gasteiger partial charge in [0.1, 0.15) is 0 Å². The van der Waals surface area contributed by atoms with E-state index in [2.05, 4.69) is 26.1 Å². The quantitative estimate of drug-likeness (QED) is 0.690. The number of ether oxygens (including phenoxy) is 1. The second-order valence-corrected chi connectivity index (χ2v) is 6.54. The zero-order chi connectivity index (χ0) is 13.4. The molecule has 1 aliphatic carbocycles. The van der Waals surface area contributed by atoms with Crippen molar-refractivity contribution in [1.82, 2.24) is 5.32 Å². The summed E-state index contributed by atoms with van der Waals surface area (Å²) in [6.07, 6.45) is 10.8. The van der Waals surface area contributed by atoms with Crippen molar-refractivity contribution in [3.63, 3.8) is 0 Å². The van der Waals surface area contributed by atoms with E-state index >= 15 is 0 Å². The molecule has 0 aromatic heterocycles. The molecule has 0 spiro atoms. The van der Waals surface area contributed by atoms with E-state index in [1.165, 1.54) is 57.9 Å². The average Bonchev–Trinajstić information content (AvgIpc) is 2.59. The van der Waals surface area contributed by atoms with Crippen LogP contribution in [-0.4, -0.2) is 25.3 Å². The van der Waals surface area contributed by atoms with E-state index in [0.717, 1.165) is 12.0 Å². The molecule has 1 rings (SSSR count). The lowest BCUT2D eigenvalue weighted by atomic mass is 9.89. The van der Waals surface area contributed by atoms with Crippen molar-refractivity contribution in [3.05, 3.63) is 0 Å². The smallest absolute Gasteiger partial charge is 0.0622 e. The highest BCUT2D eigenvalue weighted by Crippen LogP contribution is 2.29. The largest absolute Gasteiger partial charge is 0.379 e. The van der Waals surface area contributed by atoms with Gasteiger partial charge in [-0.15, -0.1) is 0 Å². The van der Waals surface area contributed by atoms with Crippen LogP contribution in [0.15, 0.2) is 0 Å². The fourth-order valence-corrected chi connectivity index (χ4v) is 2.91. The second kappa shape index (κ2) is 8.16. The molecule has 0 aliphatic heterocycles. The fraction of sp³-hybridized carbons (Fsp3) is 1.00. The van der Waals surface area contributed by atoms with Crippen LogP contribution in [0.2, 0.25) is 0 Å². The van der Waals surface area contributed by atoms with E-state index < -0.39 is 0 Å². The second-order valence-electron chi connectivity index (χ2n) is 6.54. The fourth-order valence-electron chi connectivity index (χ4n) is 2.91. The van der Waals surface area contributed by atoms with Crippen molar-refractivity contribution in [2.24, 2.45) is 5.92 Å². The van der Waals surface area contributed by atoms with Gasteiger partial charge in [-0.2, -0.15) is 0 Å². The third-order valence-corrected chi connectivity index (χ3v) is 4.42. The molecule has 0 amide bonds. The summed E-state index contributed by atoms with van der Waals surface area (Å²) in [6, 6.07) is 0.767. The molecular formula is C16H33NO. The lowest BCUT2D eigenvalue weighted by Crippen LogP contribution is -2.31. The number of methoxy groups -OCH3 is 1. The normalized spacial score (nSPS) is 26.0. The lowest BCUT2D eigenvalue weighted by Gasteiger charge is -2.27. The van der Waals surface area contributed by atoms with Gasteiger partial charge in [-0.05, 0) is 58.4 Å². The van der Waals surface area contributed by atoms with E-state index in [0.29, 0.717) is 0 Å². The highest BCUT2D eigenvalue weighted by molar-refractivity contribution is 4.78. The molecule has 0 aromatic carbocycles. The van der Waals surface area contributed by atoms with Crippen LogP contribution in [0.1, 0.15) is 72.1 Å². The zero-order valence-corrected chi connectivity index (χ0v) is 12.9. The van der Waals surface area contributed by atoms with E-state index in [9.17, 15) is 0 Å². The van der Waals surface area contributed by atoms with E-state index in [1.54, 1.807) is 0 Å². The van der Waals surface area contributed by atoms with Crippen molar-refractivity contribution in [2.45, 2.75) is 83.8 Å². The van der Waals surface area contributed by atoms with E-state index in [4.69, 9.17) is 4.74 Å². The summed E-state index contributed by atoms with van der Waals surface area (Å²) in [7, 11) is 1.83. The molecule has 1 N–H and O–H groups in total. The third-order valence-electron chi connectivity index (χ3n) is 4.42. The SMILES string of the molecule is CCCNC1CCCCC(CCC(C)(C)OC)C1. The van der Waals surface area contributed by atoms with Crippen LogP contribution in [0.5, 0.6) is 0 Å². The summed E-state index contributed by atoms with van der Waals surface area (Å²) in [4.78, 5) is 0. The van der Waals surface area contributed by atoms with Gasteiger partial charge in [0.15, 0.2) is 0 Å². The molecule has 2 atom stereocenters. The minimum Gasteiger partial charge on any atom is -0.379 e. The molecule has 0 heterocycles. The molecule has 108 valence electrons. The Bertz CT molecular complexity index is 215. The molecule has 2 heteroatoms. The minimum absolute atomic E-state index is 0.0542. The molecule has 0 aromatic rings. The highest BCUT2D eigenvalue weighted by atomic mass is 16.5. The highest BCUT2D eigenvalue weighted by Gasteiger charge is 2.23. The van der Waals surface area contributed by atoms with Crippen LogP contribution in [0.3, 0.4) is 0 Å². The van der Waals surface area contributed by atoms with Gasteiger partial charge in [0.2, 0.25) is 0 Å². The lowest BCUT2D eigenvalue weighted by molar-refractivity contribution is 0.00962. The van der Waals surface area contributed by atoms with Crippen LogP contribution in [-0.2, 0) is 4.74 Å². The molecule has 1 fully saturated rings. The number of hydrogen-bond acceptors (Lipinski definition) is 2. The van der Waals surface area contributed by atoms with Gasteiger partial charge in [0.25, 0.3) is 0 Å².